The first-order valence-corrected chi connectivity index (χ1v) is 6.16. The maximum absolute atomic E-state index is 3.51. The number of rotatable bonds is 1. The molecule has 2 heterocycles. The molecule has 0 amide bonds. The Balaban J connectivity index is 1.89. The molecule has 0 bridgehead atoms. The second-order valence-corrected chi connectivity index (χ2v) is 4.93. The molecule has 0 unspecified atom stereocenters. The number of para-hydroxylation sites is 1. The van der Waals surface area contributed by atoms with Crippen LogP contribution >= 0.6 is 11.3 Å². The molecule has 1 N–H and O–H groups in total. The fourth-order valence-corrected chi connectivity index (χ4v) is 3.00. The van der Waals surface area contributed by atoms with Gasteiger partial charge in [-0.3, -0.25) is 0 Å². The topological polar surface area (TPSA) is 12.0 Å². The molecular formula is C13H13NS. The fraction of sp³-hybridized carbons (Fsp3) is 0.231. The molecule has 1 aromatic carbocycles. The number of benzene rings is 1. The van der Waals surface area contributed by atoms with Gasteiger partial charge in [-0.25, -0.2) is 0 Å². The maximum atomic E-state index is 3.51. The predicted octanol–water partition coefficient (Wildman–Crippen LogP) is 3.50. The van der Waals surface area contributed by atoms with Gasteiger partial charge in [0.25, 0.3) is 0 Å². The first kappa shape index (κ1) is 8.98. The highest BCUT2D eigenvalue weighted by atomic mass is 32.1. The summed E-state index contributed by atoms with van der Waals surface area (Å²) in [6, 6.07) is 13.0. The highest BCUT2D eigenvalue weighted by molar-refractivity contribution is 7.10. The first-order valence-electron chi connectivity index (χ1n) is 5.28. The van der Waals surface area contributed by atoms with E-state index in [0.717, 1.165) is 6.54 Å². The van der Waals surface area contributed by atoms with Crippen LogP contribution in [0.2, 0.25) is 0 Å². The summed E-state index contributed by atoms with van der Waals surface area (Å²) < 4.78 is 0. The summed E-state index contributed by atoms with van der Waals surface area (Å²) in [5.74, 6) is 0.653. The van der Waals surface area contributed by atoms with E-state index in [0.29, 0.717) is 5.92 Å². The van der Waals surface area contributed by atoms with Crippen molar-refractivity contribution in [2.75, 3.05) is 11.9 Å². The number of nitrogens with one attached hydrogen (secondary N) is 1. The average Bonchev–Trinajstić information content (AvgIpc) is 2.82. The molecule has 76 valence electrons. The van der Waals surface area contributed by atoms with Crippen LogP contribution in [0.1, 0.15) is 16.4 Å². The predicted molar refractivity (Wildman–Crippen MR) is 65.7 cm³/mol. The van der Waals surface area contributed by atoms with Crippen molar-refractivity contribution >= 4 is 17.0 Å². The summed E-state index contributed by atoms with van der Waals surface area (Å²) in [5.41, 5.74) is 2.76. The van der Waals surface area contributed by atoms with Crippen molar-refractivity contribution in [3.63, 3.8) is 0 Å². The summed E-state index contributed by atoms with van der Waals surface area (Å²) in [4.78, 5) is 1.50. The van der Waals surface area contributed by atoms with Crippen LogP contribution in [0, 0.1) is 0 Å². The Morgan fingerprint density at radius 2 is 2.07 bits per heavy atom. The van der Waals surface area contributed by atoms with Crippen LogP contribution in [0.4, 0.5) is 5.69 Å². The molecule has 0 saturated carbocycles. The Bertz CT molecular complexity index is 447. The number of fused-ring (bicyclic) bond motifs is 1. The lowest BCUT2D eigenvalue weighted by atomic mass is 9.93. The molecule has 1 aliphatic heterocycles. The number of thiophene rings is 1. The third-order valence-corrected chi connectivity index (χ3v) is 4.00. The molecule has 0 aliphatic carbocycles. The molecule has 0 spiro atoms. The second kappa shape index (κ2) is 3.70. The van der Waals surface area contributed by atoms with E-state index in [-0.39, 0.29) is 0 Å². The zero-order valence-electron chi connectivity index (χ0n) is 8.44. The summed E-state index contributed by atoms with van der Waals surface area (Å²) in [6.07, 6.45) is 1.17. The van der Waals surface area contributed by atoms with Crippen molar-refractivity contribution in [2.24, 2.45) is 0 Å². The van der Waals surface area contributed by atoms with Crippen molar-refractivity contribution in [3.8, 4) is 0 Å². The zero-order chi connectivity index (χ0) is 10.1. The van der Waals surface area contributed by atoms with Gasteiger partial charge >= 0.3 is 0 Å². The Kier molecular flexibility index (Phi) is 2.22. The number of hydrogen-bond donors (Lipinski definition) is 1. The van der Waals surface area contributed by atoms with Crippen LogP contribution < -0.4 is 5.32 Å². The van der Waals surface area contributed by atoms with Crippen LogP contribution in [0.3, 0.4) is 0 Å². The summed E-state index contributed by atoms with van der Waals surface area (Å²) >= 11 is 1.86. The molecule has 15 heavy (non-hydrogen) atoms. The molecule has 2 heteroatoms. The Labute approximate surface area is 93.8 Å². The zero-order valence-corrected chi connectivity index (χ0v) is 9.26. The second-order valence-electron chi connectivity index (χ2n) is 3.95. The Morgan fingerprint density at radius 3 is 2.93 bits per heavy atom. The maximum Gasteiger partial charge on any atom is 0.0373 e. The summed E-state index contributed by atoms with van der Waals surface area (Å²) in [7, 11) is 0. The molecule has 0 fully saturated rings. The van der Waals surface area contributed by atoms with Gasteiger partial charge in [0.05, 0.1) is 0 Å². The largest absolute Gasteiger partial charge is 0.384 e. The van der Waals surface area contributed by atoms with Crippen molar-refractivity contribution in [1.82, 2.24) is 0 Å². The van der Waals surface area contributed by atoms with Crippen molar-refractivity contribution < 1.29 is 0 Å². The molecule has 1 aromatic heterocycles. The van der Waals surface area contributed by atoms with Crippen molar-refractivity contribution in [2.45, 2.75) is 12.3 Å². The fourth-order valence-electron chi connectivity index (χ4n) is 2.17. The highest BCUT2D eigenvalue weighted by Crippen LogP contribution is 2.32. The van der Waals surface area contributed by atoms with Crippen molar-refractivity contribution in [1.29, 1.82) is 0 Å². The van der Waals surface area contributed by atoms with Gasteiger partial charge < -0.3 is 5.32 Å². The van der Waals surface area contributed by atoms with Gasteiger partial charge in [0.2, 0.25) is 0 Å². The van der Waals surface area contributed by atoms with E-state index in [4.69, 9.17) is 0 Å². The van der Waals surface area contributed by atoms with Gasteiger partial charge in [-0.05, 0) is 29.5 Å². The van der Waals surface area contributed by atoms with E-state index in [1.807, 2.05) is 11.3 Å². The monoisotopic (exact) mass is 215 g/mol. The lowest BCUT2D eigenvalue weighted by Crippen LogP contribution is -2.20. The molecule has 0 radical (unpaired) electrons. The Morgan fingerprint density at radius 1 is 1.13 bits per heavy atom. The van der Waals surface area contributed by atoms with Crippen molar-refractivity contribution in [3.05, 3.63) is 52.2 Å². The summed E-state index contributed by atoms with van der Waals surface area (Å²) in [6.45, 7) is 1.07. The van der Waals surface area contributed by atoms with Gasteiger partial charge in [0.1, 0.15) is 0 Å². The summed E-state index contributed by atoms with van der Waals surface area (Å²) in [5, 5.41) is 5.67. The van der Waals surface area contributed by atoms with E-state index in [1.54, 1.807) is 0 Å². The lowest BCUT2D eigenvalue weighted by Gasteiger charge is -2.25. The smallest absolute Gasteiger partial charge is 0.0373 e. The van der Waals surface area contributed by atoms with Gasteiger partial charge in [-0.1, -0.05) is 24.3 Å². The molecule has 1 nitrogen and oxygen atoms in total. The van der Waals surface area contributed by atoms with Crippen LogP contribution in [0.5, 0.6) is 0 Å². The SMILES string of the molecule is c1csc([C@@H]2CNc3ccccc3C2)c1. The van der Waals surface area contributed by atoms with Gasteiger partial charge in [0.15, 0.2) is 0 Å². The normalized spacial score (nSPS) is 19.3. The molecule has 1 aliphatic rings. The van der Waals surface area contributed by atoms with E-state index in [9.17, 15) is 0 Å². The Hall–Kier alpha value is -1.28. The molecule has 3 rings (SSSR count). The first-order chi connectivity index (χ1) is 7.43. The van der Waals surface area contributed by atoms with Crippen LogP contribution in [0.15, 0.2) is 41.8 Å². The van der Waals surface area contributed by atoms with Crippen LogP contribution in [-0.2, 0) is 6.42 Å². The lowest BCUT2D eigenvalue weighted by molar-refractivity contribution is 0.707. The number of anilines is 1. The van der Waals surface area contributed by atoms with Gasteiger partial charge in [-0.2, -0.15) is 0 Å². The minimum Gasteiger partial charge on any atom is -0.384 e. The van der Waals surface area contributed by atoms with Gasteiger partial charge in [-0.15, -0.1) is 11.3 Å². The molecule has 1 atom stereocenters. The minimum absolute atomic E-state index is 0.653. The van der Waals surface area contributed by atoms with E-state index < -0.39 is 0 Å². The third-order valence-electron chi connectivity index (χ3n) is 2.97. The molecule has 0 saturated heterocycles. The average molecular weight is 215 g/mol. The highest BCUT2D eigenvalue weighted by Gasteiger charge is 2.19. The van der Waals surface area contributed by atoms with E-state index in [1.165, 1.54) is 22.5 Å². The third kappa shape index (κ3) is 1.65. The quantitative estimate of drug-likeness (QED) is 0.767. The van der Waals surface area contributed by atoms with Gasteiger partial charge in [0, 0.05) is 23.0 Å². The standard InChI is InChI=1S/C13H13NS/c1-2-5-12-10(4-1)8-11(9-14-12)13-6-3-7-15-13/h1-7,11,14H,8-9H2/t11-/m0/s1. The minimum atomic E-state index is 0.653. The van der Waals surface area contributed by atoms with Crippen LogP contribution in [-0.4, -0.2) is 6.54 Å². The molecular weight excluding hydrogens is 202 g/mol. The number of hydrogen-bond acceptors (Lipinski definition) is 2. The van der Waals surface area contributed by atoms with Crippen LogP contribution in [0.25, 0.3) is 0 Å². The van der Waals surface area contributed by atoms with E-state index >= 15 is 0 Å². The van der Waals surface area contributed by atoms with E-state index in [2.05, 4.69) is 47.1 Å². The molecule has 2 aromatic rings.